The Hall–Kier alpha value is -2.08. The molecule has 1 heterocycles. The van der Waals surface area contributed by atoms with Crippen molar-refractivity contribution in [2.24, 2.45) is 0 Å². The Kier molecular flexibility index (Phi) is 5.38. The molecular weight excluding hydrogens is 308 g/mol. The number of hydrogen-bond acceptors (Lipinski definition) is 3. The molecular formula is C15H17ClN2O4. The lowest BCUT2D eigenvalue weighted by molar-refractivity contribution is -0.151. The van der Waals surface area contributed by atoms with Gasteiger partial charge in [-0.2, -0.15) is 0 Å². The van der Waals surface area contributed by atoms with E-state index in [4.69, 9.17) is 16.7 Å². The summed E-state index contributed by atoms with van der Waals surface area (Å²) < 4.78 is 0. The summed E-state index contributed by atoms with van der Waals surface area (Å²) >= 11 is 5.81. The highest BCUT2D eigenvalue weighted by molar-refractivity contribution is 6.30. The van der Waals surface area contributed by atoms with Gasteiger partial charge < -0.3 is 15.3 Å². The van der Waals surface area contributed by atoms with Crippen LogP contribution in [-0.4, -0.2) is 46.9 Å². The molecule has 1 aromatic rings. The first-order chi connectivity index (χ1) is 10.5. The molecule has 0 aromatic heterocycles. The summed E-state index contributed by atoms with van der Waals surface area (Å²) in [6.07, 6.45) is 2.01. The van der Waals surface area contributed by atoms with E-state index in [1.165, 1.54) is 11.0 Å². The maximum absolute atomic E-state index is 12.1. The topological polar surface area (TPSA) is 86.7 Å². The van der Waals surface area contributed by atoms with E-state index in [9.17, 15) is 14.4 Å². The van der Waals surface area contributed by atoms with Crippen LogP contribution in [0.15, 0.2) is 24.3 Å². The molecule has 0 aliphatic carbocycles. The molecule has 0 radical (unpaired) electrons. The van der Waals surface area contributed by atoms with E-state index >= 15 is 0 Å². The normalized spacial score (nSPS) is 17.9. The lowest BCUT2D eigenvalue weighted by Crippen LogP contribution is -2.51. The first-order valence-corrected chi connectivity index (χ1v) is 7.43. The highest BCUT2D eigenvalue weighted by Crippen LogP contribution is 2.17. The summed E-state index contributed by atoms with van der Waals surface area (Å²) in [7, 11) is 0. The number of aliphatic carboxylic acids is 1. The molecule has 1 atom stereocenters. The number of benzene rings is 1. The predicted octanol–water partition coefficient (Wildman–Crippen LogP) is 1.54. The van der Waals surface area contributed by atoms with E-state index in [-0.39, 0.29) is 12.5 Å². The molecule has 1 unspecified atom stereocenters. The van der Waals surface area contributed by atoms with Crippen LogP contribution in [0.2, 0.25) is 5.02 Å². The van der Waals surface area contributed by atoms with Crippen molar-refractivity contribution < 1.29 is 19.5 Å². The Balaban J connectivity index is 1.94. The van der Waals surface area contributed by atoms with Crippen LogP contribution in [0.4, 0.5) is 0 Å². The molecule has 0 spiro atoms. The molecule has 6 nitrogen and oxygen atoms in total. The molecule has 1 saturated heterocycles. The molecule has 118 valence electrons. The van der Waals surface area contributed by atoms with Crippen molar-refractivity contribution in [3.8, 4) is 0 Å². The molecule has 1 aliphatic rings. The molecule has 1 fully saturated rings. The van der Waals surface area contributed by atoms with Gasteiger partial charge in [-0.05, 0) is 37.5 Å². The lowest BCUT2D eigenvalue weighted by atomic mass is 10.0. The Bertz CT molecular complexity index is 591. The molecule has 2 N–H and O–H groups in total. The van der Waals surface area contributed by atoms with Gasteiger partial charge in [0.2, 0.25) is 5.91 Å². The zero-order valence-corrected chi connectivity index (χ0v) is 12.7. The maximum atomic E-state index is 12.1. The summed E-state index contributed by atoms with van der Waals surface area (Å²) in [4.78, 5) is 36.6. The first kappa shape index (κ1) is 16.3. The number of amides is 2. The number of nitrogens with one attached hydrogen (secondary N) is 1. The summed E-state index contributed by atoms with van der Waals surface area (Å²) in [5, 5.41) is 12.1. The summed E-state index contributed by atoms with van der Waals surface area (Å²) in [5.74, 6) is -1.81. The zero-order valence-electron chi connectivity index (χ0n) is 11.9. The molecule has 2 amide bonds. The fraction of sp³-hybridized carbons (Fsp3) is 0.400. The van der Waals surface area contributed by atoms with Crippen LogP contribution in [0.5, 0.6) is 0 Å². The van der Waals surface area contributed by atoms with Crippen molar-refractivity contribution in [3.63, 3.8) is 0 Å². The third kappa shape index (κ3) is 3.98. The van der Waals surface area contributed by atoms with Crippen LogP contribution in [0, 0.1) is 0 Å². The van der Waals surface area contributed by atoms with E-state index in [1.807, 2.05) is 0 Å². The molecule has 0 bridgehead atoms. The van der Waals surface area contributed by atoms with Crippen molar-refractivity contribution in [1.29, 1.82) is 0 Å². The van der Waals surface area contributed by atoms with E-state index < -0.39 is 17.9 Å². The summed E-state index contributed by atoms with van der Waals surface area (Å²) in [6.45, 7) is 0.179. The quantitative estimate of drug-likeness (QED) is 0.879. The second-order valence-corrected chi connectivity index (χ2v) is 5.57. The van der Waals surface area contributed by atoms with Gasteiger partial charge in [0.1, 0.15) is 6.04 Å². The minimum absolute atomic E-state index is 0.227. The van der Waals surface area contributed by atoms with Gasteiger partial charge in [0.25, 0.3) is 5.91 Å². The van der Waals surface area contributed by atoms with Crippen LogP contribution in [0.25, 0.3) is 0 Å². The van der Waals surface area contributed by atoms with Crippen molar-refractivity contribution in [3.05, 3.63) is 34.9 Å². The van der Waals surface area contributed by atoms with E-state index in [1.54, 1.807) is 18.2 Å². The Morgan fingerprint density at radius 1 is 1.32 bits per heavy atom. The number of hydrogen-bond donors (Lipinski definition) is 2. The molecule has 22 heavy (non-hydrogen) atoms. The number of rotatable bonds is 4. The van der Waals surface area contributed by atoms with Crippen molar-refractivity contribution in [1.82, 2.24) is 10.2 Å². The highest BCUT2D eigenvalue weighted by Gasteiger charge is 2.31. The first-order valence-electron chi connectivity index (χ1n) is 7.05. The van der Waals surface area contributed by atoms with Crippen molar-refractivity contribution >= 4 is 29.4 Å². The second kappa shape index (κ2) is 7.26. The van der Waals surface area contributed by atoms with Crippen LogP contribution >= 0.6 is 11.6 Å². The maximum Gasteiger partial charge on any atom is 0.326 e. The molecule has 1 aliphatic heterocycles. The Labute approximate surface area is 133 Å². The predicted molar refractivity (Wildman–Crippen MR) is 80.8 cm³/mol. The molecule has 1 aromatic carbocycles. The van der Waals surface area contributed by atoms with Crippen molar-refractivity contribution in [2.75, 3.05) is 13.1 Å². The number of piperidine rings is 1. The standard InChI is InChI=1S/C15H17ClN2O4/c16-11-5-3-4-10(8-11)14(20)17-9-13(19)18-7-2-1-6-12(18)15(21)22/h3-5,8,12H,1-2,6-7,9H2,(H,17,20)(H,21,22). The van der Waals surface area contributed by atoms with Crippen LogP contribution < -0.4 is 5.32 Å². The zero-order chi connectivity index (χ0) is 16.1. The largest absolute Gasteiger partial charge is 0.480 e. The summed E-state index contributed by atoms with van der Waals surface area (Å²) in [6, 6.07) is 5.58. The average Bonchev–Trinajstić information content (AvgIpc) is 2.52. The lowest BCUT2D eigenvalue weighted by Gasteiger charge is -2.33. The van der Waals surface area contributed by atoms with Gasteiger partial charge in [0.05, 0.1) is 6.54 Å². The van der Waals surface area contributed by atoms with E-state index in [2.05, 4.69) is 5.32 Å². The minimum Gasteiger partial charge on any atom is -0.480 e. The number of carbonyl (C=O) groups is 3. The van der Waals surface area contributed by atoms with Crippen LogP contribution in [0.3, 0.4) is 0 Å². The van der Waals surface area contributed by atoms with Gasteiger partial charge in [-0.25, -0.2) is 4.79 Å². The Morgan fingerprint density at radius 3 is 2.77 bits per heavy atom. The van der Waals surface area contributed by atoms with Gasteiger partial charge in [-0.3, -0.25) is 9.59 Å². The average molecular weight is 325 g/mol. The summed E-state index contributed by atoms with van der Waals surface area (Å²) in [5.41, 5.74) is 0.355. The van der Waals surface area contributed by atoms with Gasteiger partial charge in [-0.1, -0.05) is 17.7 Å². The number of nitrogens with zero attached hydrogens (tertiary/aromatic N) is 1. The molecule has 0 saturated carbocycles. The van der Waals surface area contributed by atoms with Gasteiger partial charge in [0, 0.05) is 17.1 Å². The number of likely N-dealkylation sites (tertiary alicyclic amines) is 1. The van der Waals surface area contributed by atoms with Crippen LogP contribution in [0.1, 0.15) is 29.6 Å². The monoisotopic (exact) mass is 324 g/mol. The molecule has 2 rings (SSSR count). The third-order valence-electron chi connectivity index (χ3n) is 3.60. The molecule has 7 heteroatoms. The fourth-order valence-electron chi connectivity index (χ4n) is 2.48. The van der Waals surface area contributed by atoms with Gasteiger partial charge in [-0.15, -0.1) is 0 Å². The highest BCUT2D eigenvalue weighted by atomic mass is 35.5. The van der Waals surface area contributed by atoms with E-state index in [0.717, 1.165) is 12.8 Å². The van der Waals surface area contributed by atoms with Crippen LogP contribution in [-0.2, 0) is 9.59 Å². The third-order valence-corrected chi connectivity index (χ3v) is 3.83. The van der Waals surface area contributed by atoms with Crippen molar-refractivity contribution in [2.45, 2.75) is 25.3 Å². The SMILES string of the molecule is O=C(NCC(=O)N1CCCCC1C(=O)O)c1cccc(Cl)c1. The smallest absolute Gasteiger partial charge is 0.326 e. The Morgan fingerprint density at radius 2 is 2.09 bits per heavy atom. The minimum atomic E-state index is -1.01. The number of halogens is 1. The fourth-order valence-corrected chi connectivity index (χ4v) is 2.67. The second-order valence-electron chi connectivity index (χ2n) is 5.13. The van der Waals surface area contributed by atoms with Gasteiger partial charge >= 0.3 is 5.97 Å². The number of carboxylic acids is 1. The number of carboxylic acid groups (broad SMARTS) is 1. The van der Waals surface area contributed by atoms with Gasteiger partial charge in [0.15, 0.2) is 0 Å². The van der Waals surface area contributed by atoms with E-state index in [0.29, 0.717) is 23.6 Å². The number of carbonyl (C=O) groups excluding carboxylic acids is 2.